The molecule has 3 rings (SSSR count). The number of Topliss-reactive ketones (excluding diaryl/α,β-unsaturated/α-hetero) is 1. The highest BCUT2D eigenvalue weighted by Gasteiger charge is 2.14. The van der Waals surface area contributed by atoms with E-state index in [1.54, 1.807) is 24.3 Å². The number of rotatable bonds is 5. The maximum Gasteiger partial charge on any atom is 0.252 e. The lowest BCUT2D eigenvalue weighted by Gasteiger charge is -2.08. The van der Waals surface area contributed by atoms with Gasteiger partial charge in [-0.1, -0.05) is 30.3 Å². The molecule has 5 heteroatoms. The highest BCUT2D eigenvalue weighted by atomic mass is 32.1. The van der Waals surface area contributed by atoms with Crippen LogP contribution in [0.3, 0.4) is 0 Å². The average molecular weight is 311 g/mol. The summed E-state index contributed by atoms with van der Waals surface area (Å²) in [7, 11) is 0. The first-order chi connectivity index (χ1) is 10.7. The van der Waals surface area contributed by atoms with E-state index in [1.165, 1.54) is 11.3 Å². The zero-order chi connectivity index (χ0) is 15.5. The zero-order valence-electron chi connectivity index (χ0n) is 11.6. The number of hydrogen-bond acceptors (Lipinski definition) is 4. The predicted molar refractivity (Wildman–Crippen MR) is 86.6 cm³/mol. The molecule has 2 aromatic carbocycles. The minimum Gasteiger partial charge on any atom is -0.485 e. The Hall–Kier alpha value is -2.66. The average Bonchev–Trinajstić information content (AvgIpc) is 2.97. The van der Waals surface area contributed by atoms with Gasteiger partial charge in [-0.2, -0.15) is 0 Å². The van der Waals surface area contributed by atoms with Crippen LogP contribution < -0.4 is 10.5 Å². The summed E-state index contributed by atoms with van der Waals surface area (Å²) >= 11 is 1.52. The molecule has 0 aliphatic heterocycles. The molecule has 0 saturated heterocycles. The van der Waals surface area contributed by atoms with Gasteiger partial charge in [0, 0.05) is 21.0 Å². The number of benzene rings is 2. The Kier molecular flexibility index (Phi) is 3.89. The largest absolute Gasteiger partial charge is 0.485 e. The van der Waals surface area contributed by atoms with Crippen molar-refractivity contribution >= 4 is 33.1 Å². The van der Waals surface area contributed by atoms with Crippen LogP contribution in [0.5, 0.6) is 5.75 Å². The van der Waals surface area contributed by atoms with Crippen LogP contribution >= 0.6 is 11.3 Å². The number of primary amides is 1. The summed E-state index contributed by atoms with van der Waals surface area (Å²) in [6, 6.07) is 14.3. The van der Waals surface area contributed by atoms with Crippen molar-refractivity contribution in [3.63, 3.8) is 0 Å². The van der Waals surface area contributed by atoms with Crippen molar-refractivity contribution in [2.45, 2.75) is 0 Å². The van der Waals surface area contributed by atoms with Gasteiger partial charge in [0.05, 0.1) is 5.56 Å². The van der Waals surface area contributed by atoms with E-state index in [4.69, 9.17) is 10.5 Å². The van der Waals surface area contributed by atoms with Gasteiger partial charge < -0.3 is 10.5 Å². The molecule has 0 aliphatic rings. The molecule has 3 aromatic rings. The molecule has 1 heterocycles. The van der Waals surface area contributed by atoms with Crippen molar-refractivity contribution in [1.29, 1.82) is 0 Å². The first-order valence-electron chi connectivity index (χ1n) is 6.68. The second kappa shape index (κ2) is 5.99. The fourth-order valence-electron chi connectivity index (χ4n) is 2.21. The summed E-state index contributed by atoms with van der Waals surface area (Å²) in [5.74, 6) is -0.386. The molecule has 4 nitrogen and oxygen atoms in total. The van der Waals surface area contributed by atoms with E-state index in [-0.39, 0.29) is 18.0 Å². The third kappa shape index (κ3) is 2.71. The lowest BCUT2D eigenvalue weighted by molar-refractivity contribution is 0.0914. The molecule has 2 N–H and O–H groups in total. The molecule has 0 bridgehead atoms. The van der Waals surface area contributed by atoms with Crippen LogP contribution in [0, 0.1) is 0 Å². The van der Waals surface area contributed by atoms with Gasteiger partial charge in [0.25, 0.3) is 5.91 Å². The molecule has 0 aliphatic carbocycles. The molecular formula is C17H13NO3S. The van der Waals surface area contributed by atoms with Crippen LogP contribution in [-0.4, -0.2) is 18.3 Å². The fraction of sp³-hybridized carbons (Fsp3) is 0.0588. The summed E-state index contributed by atoms with van der Waals surface area (Å²) in [6.07, 6.45) is 0. The number of amides is 1. The number of carbonyl (C=O) groups is 2. The van der Waals surface area contributed by atoms with E-state index in [2.05, 4.69) is 0 Å². The normalized spacial score (nSPS) is 10.5. The number of para-hydroxylation sites is 1. The van der Waals surface area contributed by atoms with E-state index in [9.17, 15) is 9.59 Å². The smallest absolute Gasteiger partial charge is 0.252 e. The highest BCUT2D eigenvalue weighted by molar-refractivity contribution is 7.17. The summed E-state index contributed by atoms with van der Waals surface area (Å²) in [4.78, 5) is 23.7. The van der Waals surface area contributed by atoms with Crippen LogP contribution in [-0.2, 0) is 0 Å². The van der Waals surface area contributed by atoms with Crippen molar-refractivity contribution in [2.24, 2.45) is 5.73 Å². The van der Waals surface area contributed by atoms with Crippen molar-refractivity contribution in [2.75, 3.05) is 6.61 Å². The molecule has 1 aromatic heterocycles. The second-order valence-corrected chi connectivity index (χ2v) is 5.63. The number of fused-ring (bicyclic) bond motifs is 1. The Morgan fingerprint density at radius 3 is 2.55 bits per heavy atom. The van der Waals surface area contributed by atoms with E-state index < -0.39 is 5.91 Å². The number of ketones is 1. The lowest BCUT2D eigenvalue weighted by Crippen LogP contribution is -2.16. The molecule has 22 heavy (non-hydrogen) atoms. The predicted octanol–water partition coefficient (Wildman–Crippen LogP) is 3.26. The molecule has 0 fully saturated rings. The number of thiophene rings is 1. The summed E-state index contributed by atoms with van der Waals surface area (Å²) < 4.78 is 6.55. The molecule has 0 unspecified atom stereocenters. The Labute approximate surface area is 131 Å². The lowest BCUT2D eigenvalue weighted by atomic mass is 10.1. The van der Waals surface area contributed by atoms with Gasteiger partial charge in [-0.3, -0.25) is 9.59 Å². The van der Waals surface area contributed by atoms with E-state index in [0.29, 0.717) is 11.3 Å². The van der Waals surface area contributed by atoms with Crippen molar-refractivity contribution in [1.82, 2.24) is 0 Å². The first-order valence-corrected chi connectivity index (χ1v) is 7.56. The fourth-order valence-corrected chi connectivity index (χ4v) is 3.18. The van der Waals surface area contributed by atoms with E-state index >= 15 is 0 Å². The maximum absolute atomic E-state index is 12.3. The quantitative estimate of drug-likeness (QED) is 0.735. The van der Waals surface area contributed by atoms with Gasteiger partial charge in [0.2, 0.25) is 5.78 Å². The van der Waals surface area contributed by atoms with E-state index in [0.717, 1.165) is 10.1 Å². The number of hydrogen-bond donors (Lipinski definition) is 1. The standard InChI is InChI=1S/C17H13NO3S/c18-17(20)12-6-1-3-7-15(12)21-9-14(19)13-10-22-16-8-4-2-5-11(13)16/h1-8,10H,9H2,(H2,18,20). The molecule has 0 saturated carbocycles. The molecule has 0 spiro atoms. The summed E-state index contributed by atoms with van der Waals surface area (Å²) in [6.45, 7) is -0.134. The van der Waals surface area contributed by atoms with Crippen molar-refractivity contribution in [3.8, 4) is 5.75 Å². The van der Waals surface area contributed by atoms with Crippen LogP contribution in [0.1, 0.15) is 20.7 Å². The Morgan fingerprint density at radius 2 is 1.73 bits per heavy atom. The molecule has 110 valence electrons. The molecule has 0 atom stereocenters. The first kappa shape index (κ1) is 14.3. The number of ether oxygens (including phenoxy) is 1. The maximum atomic E-state index is 12.3. The third-order valence-electron chi connectivity index (χ3n) is 3.29. The summed E-state index contributed by atoms with van der Waals surface area (Å²) in [5, 5.41) is 2.75. The minimum absolute atomic E-state index is 0.128. The third-order valence-corrected chi connectivity index (χ3v) is 4.26. The molecule has 1 amide bonds. The van der Waals surface area contributed by atoms with Crippen LogP contribution in [0.2, 0.25) is 0 Å². The topological polar surface area (TPSA) is 69.4 Å². The minimum atomic E-state index is -0.580. The van der Waals surface area contributed by atoms with Gasteiger partial charge in [0.1, 0.15) is 5.75 Å². The second-order valence-electron chi connectivity index (χ2n) is 4.72. The van der Waals surface area contributed by atoms with Crippen molar-refractivity contribution in [3.05, 3.63) is 65.0 Å². The van der Waals surface area contributed by atoms with Gasteiger partial charge in [-0.05, 0) is 18.2 Å². The van der Waals surface area contributed by atoms with Gasteiger partial charge >= 0.3 is 0 Å². The van der Waals surface area contributed by atoms with Crippen LogP contribution in [0.4, 0.5) is 0 Å². The van der Waals surface area contributed by atoms with Crippen LogP contribution in [0.15, 0.2) is 53.9 Å². The van der Waals surface area contributed by atoms with Gasteiger partial charge in [-0.15, -0.1) is 11.3 Å². The Morgan fingerprint density at radius 1 is 1.00 bits per heavy atom. The Bertz CT molecular complexity index is 854. The van der Waals surface area contributed by atoms with Crippen molar-refractivity contribution < 1.29 is 14.3 Å². The number of nitrogens with two attached hydrogens (primary N) is 1. The van der Waals surface area contributed by atoms with Crippen LogP contribution in [0.25, 0.3) is 10.1 Å². The number of carbonyl (C=O) groups excluding carboxylic acids is 2. The zero-order valence-corrected chi connectivity index (χ0v) is 12.4. The van der Waals surface area contributed by atoms with E-state index in [1.807, 2.05) is 29.6 Å². The van der Waals surface area contributed by atoms with Gasteiger partial charge in [0.15, 0.2) is 6.61 Å². The van der Waals surface area contributed by atoms with Gasteiger partial charge in [-0.25, -0.2) is 0 Å². The SMILES string of the molecule is NC(=O)c1ccccc1OCC(=O)c1csc2ccccc12. The summed E-state index contributed by atoms with van der Waals surface area (Å²) in [5.41, 5.74) is 6.19. The molecule has 0 radical (unpaired) electrons. The molecular weight excluding hydrogens is 298 g/mol. The Balaban J connectivity index is 1.80. The highest BCUT2D eigenvalue weighted by Crippen LogP contribution is 2.26. The monoisotopic (exact) mass is 311 g/mol.